The molecule has 0 fully saturated rings. The van der Waals surface area contributed by atoms with Crippen molar-refractivity contribution >= 4 is 9.84 Å². The third-order valence-corrected chi connectivity index (χ3v) is 4.89. The molecule has 10 heteroatoms. The molecule has 0 amide bonds. The Morgan fingerprint density at radius 1 is 1.05 bits per heavy atom. The van der Waals surface area contributed by atoms with Crippen LogP contribution in [-0.2, 0) is 16.0 Å². The van der Waals surface area contributed by atoms with Crippen LogP contribution in [0, 0.1) is 0 Å². The van der Waals surface area contributed by atoms with Crippen LogP contribution in [0.3, 0.4) is 0 Å². The lowest BCUT2D eigenvalue weighted by Gasteiger charge is -2.22. The lowest BCUT2D eigenvalue weighted by Crippen LogP contribution is -2.39. The Hall–Kier alpha value is -1.29. The zero-order chi connectivity index (χ0) is 16.5. The molecule has 0 aliphatic rings. The van der Waals surface area contributed by atoms with Crippen molar-refractivity contribution in [3.63, 3.8) is 0 Å². The molecule has 1 aromatic carbocycles. The van der Waals surface area contributed by atoms with Crippen LogP contribution in [0.4, 0.5) is 26.3 Å². The van der Waals surface area contributed by atoms with Crippen LogP contribution in [0.15, 0.2) is 29.2 Å². The van der Waals surface area contributed by atoms with Crippen LogP contribution >= 0.6 is 0 Å². The number of hydrogen-bond acceptors (Lipinski definition) is 3. The molecule has 0 aliphatic carbocycles. The molecule has 0 spiro atoms. The number of nitrogens with two attached hydrogens (primary N) is 1. The summed E-state index contributed by atoms with van der Waals surface area (Å²) in [6.45, 7) is -0.627. The van der Waals surface area contributed by atoms with Crippen molar-refractivity contribution in [1.29, 1.82) is 0 Å². The minimum absolute atomic E-state index is 0.419. The van der Waals surface area contributed by atoms with E-state index in [2.05, 4.69) is 0 Å². The SMILES string of the molecule is NCCC(C(F)(F)F)S(=O)(=O)c1ccccc1C(F)(F)F. The second-order valence-corrected chi connectivity index (χ2v) is 6.25. The number of benzene rings is 1. The molecule has 0 saturated heterocycles. The summed E-state index contributed by atoms with van der Waals surface area (Å²) >= 11 is 0. The van der Waals surface area contributed by atoms with Gasteiger partial charge in [0, 0.05) is 0 Å². The van der Waals surface area contributed by atoms with E-state index < -0.39 is 50.9 Å². The van der Waals surface area contributed by atoms with Gasteiger partial charge < -0.3 is 5.73 Å². The first-order chi connectivity index (χ1) is 9.42. The van der Waals surface area contributed by atoms with E-state index in [0.29, 0.717) is 12.1 Å². The molecule has 1 rings (SSSR count). The first-order valence-electron chi connectivity index (χ1n) is 5.59. The number of halogens is 6. The van der Waals surface area contributed by atoms with Gasteiger partial charge in [-0.05, 0) is 25.1 Å². The van der Waals surface area contributed by atoms with Crippen molar-refractivity contribution in [3.8, 4) is 0 Å². The Balaban J connectivity index is 3.50. The van der Waals surface area contributed by atoms with Crippen LogP contribution in [0.25, 0.3) is 0 Å². The zero-order valence-electron chi connectivity index (χ0n) is 10.4. The van der Waals surface area contributed by atoms with E-state index in [-0.39, 0.29) is 0 Å². The van der Waals surface area contributed by atoms with Gasteiger partial charge in [0.2, 0.25) is 0 Å². The average molecular weight is 335 g/mol. The van der Waals surface area contributed by atoms with Crippen LogP contribution in [0.1, 0.15) is 12.0 Å². The second-order valence-electron chi connectivity index (χ2n) is 4.15. The van der Waals surface area contributed by atoms with Gasteiger partial charge in [-0.15, -0.1) is 0 Å². The van der Waals surface area contributed by atoms with Crippen LogP contribution in [-0.4, -0.2) is 26.4 Å². The van der Waals surface area contributed by atoms with E-state index in [1.165, 1.54) is 0 Å². The maximum atomic E-state index is 12.8. The fourth-order valence-electron chi connectivity index (χ4n) is 1.75. The molecule has 3 nitrogen and oxygen atoms in total. The van der Waals surface area contributed by atoms with Crippen molar-refractivity contribution in [2.45, 2.75) is 28.9 Å². The van der Waals surface area contributed by atoms with Crippen molar-refractivity contribution < 1.29 is 34.8 Å². The van der Waals surface area contributed by atoms with E-state index in [1.54, 1.807) is 0 Å². The molecule has 2 N–H and O–H groups in total. The largest absolute Gasteiger partial charge is 0.417 e. The molecular weight excluding hydrogens is 324 g/mol. The van der Waals surface area contributed by atoms with Crippen LogP contribution in [0.2, 0.25) is 0 Å². The maximum Gasteiger partial charge on any atom is 0.417 e. The minimum atomic E-state index is -5.26. The number of hydrogen-bond donors (Lipinski definition) is 1. The van der Waals surface area contributed by atoms with E-state index in [4.69, 9.17) is 5.73 Å². The van der Waals surface area contributed by atoms with Gasteiger partial charge in [0.15, 0.2) is 15.1 Å². The van der Waals surface area contributed by atoms with Gasteiger partial charge in [0.1, 0.15) is 0 Å². The molecule has 0 aliphatic heterocycles. The average Bonchev–Trinajstić information content (AvgIpc) is 2.33. The molecule has 0 bridgehead atoms. The summed E-state index contributed by atoms with van der Waals surface area (Å²) in [7, 11) is -5.26. The fourth-order valence-corrected chi connectivity index (χ4v) is 3.61. The molecule has 1 unspecified atom stereocenters. The Morgan fingerprint density at radius 3 is 2.00 bits per heavy atom. The normalized spacial score (nSPS) is 15.0. The molecule has 0 saturated carbocycles. The first-order valence-corrected chi connectivity index (χ1v) is 7.14. The summed E-state index contributed by atoms with van der Waals surface area (Å²) in [5, 5.41) is -2.97. The van der Waals surface area contributed by atoms with E-state index in [1.807, 2.05) is 0 Å². The van der Waals surface area contributed by atoms with Crippen molar-refractivity contribution in [2.75, 3.05) is 6.54 Å². The fraction of sp³-hybridized carbons (Fsp3) is 0.455. The van der Waals surface area contributed by atoms with Gasteiger partial charge in [-0.2, -0.15) is 26.3 Å². The number of sulfone groups is 1. The number of alkyl halides is 6. The maximum absolute atomic E-state index is 12.8. The monoisotopic (exact) mass is 335 g/mol. The first kappa shape index (κ1) is 17.8. The highest BCUT2D eigenvalue weighted by Gasteiger charge is 2.50. The van der Waals surface area contributed by atoms with Gasteiger partial charge in [0.05, 0.1) is 10.5 Å². The van der Waals surface area contributed by atoms with Gasteiger partial charge in [0.25, 0.3) is 0 Å². The van der Waals surface area contributed by atoms with Crippen molar-refractivity contribution in [2.24, 2.45) is 5.73 Å². The Morgan fingerprint density at radius 2 is 1.57 bits per heavy atom. The van der Waals surface area contributed by atoms with E-state index >= 15 is 0 Å². The van der Waals surface area contributed by atoms with Gasteiger partial charge in [-0.25, -0.2) is 8.42 Å². The molecule has 1 aromatic rings. The van der Waals surface area contributed by atoms with E-state index in [0.717, 1.165) is 12.1 Å². The van der Waals surface area contributed by atoms with Gasteiger partial charge >= 0.3 is 12.4 Å². The quantitative estimate of drug-likeness (QED) is 0.861. The van der Waals surface area contributed by atoms with E-state index in [9.17, 15) is 34.8 Å². The summed E-state index contributed by atoms with van der Waals surface area (Å²) in [6.07, 6.45) is -11.3. The summed E-state index contributed by atoms with van der Waals surface area (Å²) in [5.74, 6) is 0. The zero-order valence-corrected chi connectivity index (χ0v) is 11.2. The van der Waals surface area contributed by atoms with Crippen molar-refractivity contribution in [1.82, 2.24) is 0 Å². The predicted octanol–water partition coefficient (Wildman–Crippen LogP) is 2.76. The van der Waals surface area contributed by atoms with Crippen LogP contribution < -0.4 is 5.73 Å². The van der Waals surface area contributed by atoms with Gasteiger partial charge in [-0.3, -0.25) is 0 Å². The highest BCUT2D eigenvalue weighted by molar-refractivity contribution is 7.92. The second kappa shape index (κ2) is 5.84. The Labute approximate surface area is 116 Å². The van der Waals surface area contributed by atoms with Crippen LogP contribution in [0.5, 0.6) is 0 Å². The predicted molar refractivity (Wildman–Crippen MR) is 62.1 cm³/mol. The lowest BCUT2D eigenvalue weighted by molar-refractivity contribution is -0.140. The third kappa shape index (κ3) is 3.88. The number of rotatable bonds is 4. The molecule has 0 aromatic heterocycles. The molecule has 21 heavy (non-hydrogen) atoms. The summed E-state index contributed by atoms with van der Waals surface area (Å²) in [5.41, 5.74) is 3.31. The van der Waals surface area contributed by atoms with Gasteiger partial charge in [-0.1, -0.05) is 12.1 Å². The summed E-state index contributed by atoms with van der Waals surface area (Å²) in [6, 6.07) is 2.75. The summed E-state index contributed by atoms with van der Waals surface area (Å²) < 4.78 is 101. The molecule has 120 valence electrons. The smallest absolute Gasteiger partial charge is 0.330 e. The Kier molecular flexibility index (Phi) is 4.94. The molecule has 1 atom stereocenters. The Bertz CT molecular complexity index is 593. The third-order valence-electron chi connectivity index (χ3n) is 2.67. The standard InChI is InChI=1S/C11H11F6NO2S/c12-10(13,14)7-3-1-2-4-8(7)21(19,20)9(5-6-18)11(15,16)17/h1-4,9H,5-6,18H2. The summed E-state index contributed by atoms with van der Waals surface area (Å²) in [4.78, 5) is -1.40. The topological polar surface area (TPSA) is 60.2 Å². The highest BCUT2D eigenvalue weighted by atomic mass is 32.2. The lowest BCUT2D eigenvalue weighted by atomic mass is 10.2. The molecule has 0 heterocycles. The molecule has 0 radical (unpaired) electrons. The highest BCUT2D eigenvalue weighted by Crippen LogP contribution is 2.39. The van der Waals surface area contributed by atoms with Crippen molar-refractivity contribution in [3.05, 3.63) is 29.8 Å². The molecular formula is C11H11F6NO2S. The minimum Gasteiger partial charge on any atom is -0.330 e.